The van der Waals surface area contributed by atoms with Gasteiger partial charge in [0.1, 0.15) is 11.3 Å². The van der Waals surface area contributed by atoms with Gasteiger partial charge >= 0.3 is 11.8 Å². The van der Waals surface area contributed by atoms with E-state index in [4.69, 9.17) is 0 Å². The van der Waals surface area contributed by atoms with E-state index in [2.05, 4.69) is 10.6 Å². The molecular formula is C16H17N3O5S. The number of carbonyl (C=O) groups excluding carboxylic acids is 2. The minimum atomic E-state index is -1.32. The predicted molar refractivity (Wildman–Crippen MR) is 93.4 cm³/mol. The molecule has 9 heteroatoms. The third-order valence-corrected chi connectivity index (χ3v) is 4.57. The minimum absolute atomic E-state index is 0.0687. The van der Waals surface area contributed by atoms with Crippen molar-refractivity contribution >= 4 is 34.5 Å². The summed E-state index contributed by atoms with van der Waals surface area (Å²) in [5.41, 5.74) is -1.03. The number of aliphatic hydroxyl groups is 1. The van der Waals surface area contributed by atoms with Crippen molar-refractivity contribution in [3.63, 3.8) is 0 Å². The summed E-state index contributed by atoms with van der Waals surface area (Å²) in [6.07, 6.45) is 0. The van der Waals surface area contributed by atoms with Gasteiger partial charge < -0.3 is 15.7 Å². The summed E-state index contributed by atoms with van der Waals surface area (Å²) in [5, 5.41) is 27.7. The quantitative estimate of drug-likeness (QED) is 0.426. The minimum Gasteiger partial charge on any atom is -0.383 e. The summed E-state index contributed by atoms with van der Waals surface area (Å²) >= 11 is 1.32. The molecule has 1 heterocycles. The molecule has 0 saturated heterocycles. The summed E-state index contributed by atoms with van der Waals surface area (Å²) in [6, 6.07) is 7.73. The van der Waals surface area contributed by atoms with E-state index < -0.39 is 22.3 Å². The van der Waals surface area contributed by atoms with Crippen LogP contribution in [-0.2, 0) is 15.2 Å². The summed E-state index contributed by atoms with van der Waals surface area (Å²) in [5.74, 6) is -2.04. The fraction of sp³-hybridized carbons (Fsp3) is 0.250. The maximum Gasteiger partial charge on any atom is 0.313 e. The van der Waals surface area contributed by atoms with E-state index in [1.54, 1.807) is 30.5 Å². The van der Waals surface area contributed by atoms with Gasteiger partial charge in [-0.1, -0.05) is 12.1 Å². The lowest BCUT2D eigenvalue weighted by molar-refractivity contribution is -0.384. The number of benzene rings is 1. The Kier molecular flexibility index (Phi) is 5.50. The molecule has 0 bridgehead atoms. The largest absolute Gasteiger partial charge is 0.383 e. The van der Waals surface area contributed by atoms with Crippen LogP contribution in [0.1, 0.15) is 17.4 Å². The number of aryl methyl sites for hydroxylation is 1. The second-order valence-electron chi connectivity index (χ2n) is 5.67. The van der Waals surface area contributed by atoms with E-state index in [0.29, 0.717) is 10.4 Å². The van der Waals surface area contributed by atoms with Crippen molar-refractivity contribution in [2.75, 3.05) is 11.9 Å². The molecule has 1 aromatic heterocycles. The smallest absolute Gasteiger partial charge is 0.313 e. The summed E-state index contributed by atoms with van der Waals surface area (Å²) in [6.45, 7) is 3.02. The Hall–Kier alpha value is -2.78. The molecule has 2 amide bonds. The highest BCUT2D eigenvalue weighted by molar-refractivity contribution is 7.10. The van der Waals surface area contributed by atoms with Gasteiger partial charge in [-0.15, -0.1) is 11.3 Å². The van der Waals surface area contributed by atoms with Crippen LogP contribution in [0.25, 0.3) is 0 Å². The highest BCUT2D eigenvalue weighted by Crippen LogP contribution is 2.26. The lowest BCUT2D eigenvalue weighted by Gasteiger charge is -2.22. The van der Waals surface area contributed by atoms with E-state index in [1.807, 2.05) is 0 Å². The molecule has 8 nitrogen and oxygen atoms in total. The number of carbonyl (C=O) groups is 2. The van der Waals surface area contributed by atoms with E-state index in [9.17, 15) is 24.8 Å². The van der Waals surface area contributed by atoms with Gasteiger partial charge in [0.05, 0.1) is 11.5 Å². The number of rotatable bonds is 5. The van der Waals surface area contributed by atoms with Gasteiger partial charge in [-0.2, -0.15) is 0 Å². The van der Waals surface area contributed by atoms with Crippen molar-refractivity contribution in [3.05, 3.63) is 56.3 Å². The van der Waals surface area contributed by atoms with Crippen LogP contribution in [0.2, 0.25) is 0 Å². The van der Waals surface area contributed by atoms with Crippen molar-refractivity contribution < 1.29 is 19.6 Å². The molecule has 0 fully saturated rings. The maximum atomic E-state index is 12.0. The number of thiophene rings is 1. The molecule has 0 aliphatic rings. The molecule has 0 radical (unpaired) electrons. The van der Waals surface area contributed by atoms with Gasteiger partial charge in [0, 0.05) is 10.9 Å². The van der Waals surface area contributed by atoms with Crippen LogP contribution in [0.5, 0.6) is 0 Å². The second kappa shape index (κ2) is 7.41. The summed E-state index contributed by atoms with van der Waals surface area (Å²) in [7, 11) is 0. The average Bonchev–Trinajstić information content (AvgIpc) is 3.09. The molecule has 132 valence electrons. The fourth-order valence-electron chi connectivity index (χ4n) is 2.08. The van der Waals surface area contributed by atoms with Gasteiger partial charge in [0.15, 0.2) is 0 Å². The number of nitro benzene ring substituents is 1. The highest BCUT2D eigenvalue weighted by atomic mass is 32.1. The van der Waals surface area contributed by atoms with E-state index >= 15 is 0 Å². The van der Waals surface area contributed by atoms with Gasteiger partial charge in [-0.3, -0.25) is 19.7 Å². The number of anilines is 1. The molecule has 1 aromatic carbocycles. The molecule has 2 aromatic rings. The number of hydrogen-bond donors (Lipinski definition) is 3. The van der Waals surface area contributed by atoms with Crippen molar-refractivity contribution in [2.45, 2.75) is 19.4 Å². The first kappa shape index (κ1) is 18.6. The molecule has 3 N–H and O–H groups in total. The fourth-order valence-corrected chi connectivity index (χ4v) is 2.87. The number of hydrogen-bond acceptors (Lipinski definition) is 6. The van der Waals surface area contributed by atoms with Crippen molar-refractivity contribution in [2.24, 2.45) is 0 Å². The number of nitrogens with one attached hydrogen (secondary N) is 2. The zero-order valence-electron chi connectivity index (χ0n) is 13.6. The molecule has 25 heavy (non-hydrogen) atoms. The first-order valence-electron chi connectivity index (χ1n) is 7.31. The normalized spacial score (nSPS) is 12.9. The zero-order chi connectivity index (χ0) is 18.6. The van der Waals surface area contributed by atoms with Crippen LogP contribution in [0.3, 0.4) is 0 Å². The maximum absolute atomic E-state index is 12.0. The number of nitrogens with zero attached hydrogens (tertiary/aromatic N) is 1. The van der Waals surface area contributed by atoms with E-state index in [1.165, 1.54) is 30.4 Å². The SMILES string of the molecule is Cc1ccc(NC(=O)C(=O)NCC(C)(O)c2cccs2)c([N+](=O)[O-])c1. The summed E-state index contributed by atoms with van der Waals surface area (Å²) < 4.78 is 0. The Morgan fingerprint density at radius 3 is 2.64 bits per heavy atom. The van der Waals surface area contributed by atoms with Gasteiger partial charge in [-0.05, 0) is 36.9 Å². The van der Waals surface area contributed by atoms with E-state index in [-0.39, 0.29) is 17.9 Å². The van der Waals surface area contributed by atoms with E-state index in [0.717, 1.165) is 0 Å². The Bertz CT molecular complexity index is 802. The second-order valence-corrected chi connectivity index (χ2v) is 6.61. The van der Waals surface area contributed by atoms with Crippen LogP contribution in [0, 0.1) is 17.0 Å². The Balaban J connectivity index is 2.02. The first-order chi connectivity index (χ1) is 11.7. The molecule has 0 aliphatic heterocycles. The molecule has 1 unspecified atom stereocenters. The molecule has 0 saturated carbocycles. The predicted octanol–water partition coefficient (Wildman–Crippen LogP) is 1.93. The van der Waals surface area contributed by atoms with Crippen LogP contribution in [-0.4, -0.2) is 28.4 Å². The van der Waals surface area contributed by atoms with Crippen LogP contribution in [0.15, 0.2) is 35.7 Å². The Morgan fingerprint density at radius 2 is 2.04 bits per heavy atom. The van der Waals surface area contributed by atoms with Gasteiger partial charge in [-0.25, -0.2) is 0 Å². The zero-order valence-corrected chi connectivity index (χ0v) is 14.4. The Labute approximate surface area is 147 Å². The van der Waals surface area contributed by atoms with Crippen LogP contribution < -0.4 is 10.6 Å². The summed E-state index contributed by atoms with van der Waals surface area (Å²) in [4.78, 5) is 34.9. The van der Waals surface area contributed by atoms with Gasteiger partial charge in [0.25, 0.3) is 5.69 Å². The molecule has 0 aliphatic carbocycles. The molecule has 1 atom stereocenters. The number of nitro groups is 1. The topological polar surface area (TPSA) is 122 Å². The van der Waals surface area contributed by atoms with Crippen molar-refractivity contribution in [1.82, 2.24) is 5.32 Å². The standard InChI is InChI=1S/C16H17N3O5S/c1-10-5-6-11(12(8-10)19(23)24)18-15(21)14(20)17-9-16(2,22)13-4-3-7-25-13/h3-8,22H,9H2,1-2H3,(H,17,20)(H,18,21). The van der Waals surface area contributed by atoms with Gasteiger partial charge in [0.2, 0.25) is 0 Å². The monoisotopic (exact) mass is 363 g/mol. The molecule has 0 spiro atoms. The highest BCUT2D eigenvalue weighted by Gasteiger charge is 2.27. The Morgan fingerprint density at radius 1 is 1.32 bits per heavy atom. The van der Waals surface area contributed by atoms with Crippen LogP contribution in [0.4, 0.5) is 11.4 Å². The molecular weight excluding hydrogens is 346 g/mol. The lowest BCUT2D eigenvalue weighted by atomic mass is 10.1. The average molecular weight is 363 g/mol. The first-order valence-corrected chi connectivity index (χ1v) is 8.19. The van der Waals surface area contributed by atoms with Crippen LogP contribution >= 0.6 is 11.3 Å². The third-order valence-electron chi connectivity index (χ3n) is 3.45. The molecule has 2 rings (SSSR count). The number of amides is 2. The van der Waals surface area contributed by atoms with Crippen molar-refractivity contribution in [3.8, 4) is 0 Å². The van der Waals surface area contributed by atoms with Crippen molar-refractivity contribution in [1.29, 1.82) is 0 Å². The lowest BCUT2D eigenvalue weighted by Crippen LogP contribution is -2.43. The third kappa shape index (κ3) is 4.61.